The highest BCUT2D eigenvalue weighted by Gasteiger charge is 2.23. The van der Waals surface area contributed by atoms with Crippen molar-refractivity contribution in [2.75, 3.05) is 7.11 Å². The largest absolute Gasteiger partial charge is 0.493 e. The number of carboxylic acids is 1. The molecule has 0 heterocycles. The SMILES string of the molecule is COc1cc(F)c(C(=O)O)c(F)c1F. The maximum Gasteiger partial charge on any atom is 0.341 e. The summed E-state index contributed by atoms with van der Waals surface area (Å²) >= 11 is 0. The minimum absolute atomic E-state index is 0.474. The summed E-state index contributed by atoms with van der Waals surface area (Å²) in [5, 5.41) is 8.35. The normalized spacial score (nSPS) is 10.0. The molecule has 3 nitrogen and oxygen atoms in total. The third kappa shape index (κ3) is 1.50. The maximum absolute atomic E-state index is 12.9. The van der Waals surface area contributed by atoms with Gasteiger partial charge in [-0.15, -0.1) is 0 Å². The van der Waals surface area contributed by atoms with Crippen LogP contribution in [-0.4, -0.2) is 18.2 Å². The van der Waals surface area contributed by atoms with Crippen molar-refractivity contribution < 1.29 is 27.8 Å². The van der Waals surface area contributed by atoms with Crippen molar-refractivity contribution in [2.24, 2.45) is 0 Å². The van der Waals surface area contributed by atoms with E-state index in [0.717, 1.165) is 7.11 Å². The summed E-state index contributed by atoms with van der Waals surface area (Å²) < 4.78 is 42.9. The Labute approximate surface area is 76.7 Å². The molecule has 0 saturated carbocycles. The number of halogens is 3. The van der Waals surface area contributed by atoms with E-state index >= 15 is 0 Å². The number of methoxy groups -OCH3 is 1. The van der Waals surface area contributed by atoms with Crippen LogP contribution in [0.4, 0.5) is 13.2 Å². The quantitative estimate of drug-likeness (QED) is 0.750. The Hall–Kier alpha value is -1.72. The van der Waals surface area contributed by atoms with E-state index in [1.54, 1.807) is 0 Å². The molecule has 0 aliphatic rings. The first-order valence-corrected chi connectivity index (χ1v) is 3.43. The Kier molecular flexibility index (Phi) is 2.64. The number of carboxylic acid groups (broad SMARTS) is 1. The van der Waals surface area contributed by atoms with E-state index in [9.17, 15) is 18.0 Å². The monoisotopic (exact) mass is 206 g/mol. The average Bonchev–Trinajstić information content (AvgIpc) is 2.10. The van der Waals surface area contributed by atoms with E-state index in [4.69, 9.17) is 5.11 Å². The van der Waals surface area contributed by atoms with Crippen molar-refractivity contribution in [1.29, 1.82) is 0 Å². The van der Waals surface area contributed by atoms with Gasteiger partial charge in [0.25, 0.3) is 0 Å². The van der Waals surface area contributed by atoms with Gasteiger partial charge >= 0.3 is 5.97 Å². The highest BCUT2D eigenvalue weighted by atomic mass is 19.2. The summed E-state index contributed by atoms with van der Waals surface area (Å²) in [6, 6.07) is 0.474. The molecule has 0 atom stereocenters. The van der Waals surface area contributed by atoms with Crippen LogP contribution in [-0.2, 0) is 0 Å². The van der Waals surface area contributed by atoms with Gasteiger partial charge in [0.1, 0.15) is 11.4 Å². The molecule has 1 N–H and O–H groups in total. The summed E-state index contributed by atoms with van der Waals surface area (Å²) in [5.41, 5.74) is -1.33. The lowest BCUT2D eigenvalue weighted by Gasteiger charge is -2.05. The zero-order valence-corrected chi connectivity index (χ0v) is 6.97. The molecule has 1 rings (SSSR count). The van der Waals surface area contributed by atoms with Gasteiger partial charge in [-0.25, -0.2) is 13.6 Å². The minimum atomic E-state index is -1.87. The predicted molar refractivity (Wildman–Crippen MR) is 39.8 cm³/mol. The van der Waals surface area contributed by atoms with Crippen LogP contribution < -0.4 is 4.74 Å². The van der Waals surface area contributed by atoms with Crippen molar-refractivity contribution in [1.82, 2.24) is 0 Å². The van der Waals surface area contributed by atoms with Gasteiger partial charge in [0.15, 0.2) is 11.6 Å². The Balaban J connectivity index is 3.49. The van der Waals surface area contributed by atoms with Crippen molar-refractivity contribution in [2.45, 2.75) is 0 Å². The van der Waals surface area contributed by atoms with Crippen molar-refractivity contribution >= 4 is 5.97 Å². The van der Waals surface area contributed by atoms with Crippen LogP contribution in [0.1, 0.15) is 10.4 Å². The van der Waals surface area contributed by atoms with Crippen LogP contribution in [0.2, 0.25) is 0 Å². The molecule has 0 bridgehead atoms. The fraction of sp³-hybridized carbons (Fsp3) is 0.125. The van der Waals surface area contributed by atoms with Gasteiger partial charge in [-0.2, -0.15) is 4.39 Å². The van der Waals surface area contributed by atoms with Gasteiger partial charge in [0.2, 0.25) is 5.82 Å². The van der Waals surface area contributed by atoms with Crippen LogP contribution in [0, 0.1) is 17.5 Å². The Morgan fingerprint density at radius 1 is 1.36 bits per heavy atom. The molecule has 0 spiro atoms. The van der Waals surface area contributed by atoms with E-state index in [2.05, 4.69) is 4.74 Å². The van der Waals surface area contributed by atoms with Crippen LogP contribution >= 0.6 is 0 Å². The van der Waals surface area contributed by atoms with Gasteiger partial charge in [0, 0.05) is 6.07 Å². The first-order valence-electron chi connectivity index (χ1n) is 3.43. The fourth-order valence-corrected chi connectivity index (χ4v) is 0.918. The first-order chi connectivity index (χ1) is 6.49. The molecular formula is C8H5F3O3. The van der Waals surface area contributed by atoms with Crippen molar-refractivity contribution in [3.63, 3.8) is 0 Å². The molecule has 1 aromatic rings. The highest BCUT2D eigenvalue weighted by Crippen LogP contribution is 2.25. The number of aromatic carboxylic acids is 1. The number of carbonyl (C=O) groups is 1. The zero-order chi connectivity index (χ0) is 10.9. The molecule has 0 aromatic heterocycles. The van der Waals surface area contributed by atoms with Gasteiger partial charge < -0.3 is 9.84 Å². The average molecular weight is 206 g/mol. The summed E-state index contributed by atoms with van der Waals surface area (Å²) in [7, 11) is 1.01. The lowest BCUT2D eigenvalue weighted by Crippen LogP contribution is -2.08. The lowest BCUT2D eigenvalue weighted by atomic mass is 10.2. The van der Waals surface area contributed by atoms with E-state index in [0.29, 0.717) is 6.07 Å². The van der Waals surface area contributed by atoms with Crippen LogP contribution in [0.15, 0.2) is 6.07 Å². The van der Waals surface area contributed by atoms with E-state index in [1.165, 1.54) is 0 Å². The lowest BCUT2D eigenvalue weighted by molar-refractivity contribution is 0.0685. The summed E-state index contributed by atoms with van der Waals surface area (Å²) in [6.45, 7) is 0. The molecule has 14 heavy (non-hydrogen) atoms. The molecular weight excluding hydrogens is 201 g/mol. The minimum Gasteiger partial charge on any atom is -0.493 e. The second kappa shape index (κ2) is 3.57. The molecule has 76 valence electrons. The van der Waals surface area contributed by atoms with Crippen LogP contribution in [0.5, 0.6) is 5.75 Å². The third-order valence-electron chi connectivity index (χ3n) is 1.56. The Morgan fingerprint density at radius 3 is 2.36 bits per heavy atom. The molecule has 0 aliphatic carbocycles. The Bertz CT molecular complexity index is 390. The standard InChI is InChI=1S/C8H5F3O3/c1-14-4-2-3(9)5(8(12)13)7(11)6(4)10/h2H,1H3,(H,12,13). The number of benzene rings is 1. The van der Waals surface area contributed by atoms with Gasteiger partial charge in [-0.1, -0.05) is 0 Å². The van der Waals surface area contributed by atoms with E-state index in [1.807, 2.05) is 0 Å². The zero-order valence-electron chi connectivity index (χ0n) is 6.97. The molecule has 0 radical (unpaired) electrons. The van der Waals surface area contributed by atoms with Crippen molar-refractivity contribution in [3.8, 4) is 5.75 Å². The Morgan fingerprint density at radius 2 is 1.93 bits per heavy atom. The maximum atomic E-state index is 12.9. The summed E-state index contributed by atoms with van der Waals surface area (Å²) in [6.07, 6.45) is 0. The molecule has 6 heteroatoms. The van der Waals surface area contributed by atoms with Gasteiger partial charge in [-0.05, 0) is 0 Å². The molecule has 0 saturated heterocycles. The molecule has 0 fully saturated rings. The van der Waals surface area contributed by atoms with E-state index in [-0.39, 0.29) is 0 Å². The molecule has 0 unspecified atom stereocenters. The predicted octanol–water partition coefficient (Wildman–Crippen LogP) is 1.81. The van der Waals surface area contributed by atoms with Crippen LogP contribution in [0.25, 0.3) is 0 Å². The highest BCUT2D eigenvalue weighted by molar-refractivity contribution is 5.88. The summed E-state index contributed by atoms with van der Waals surface area (Å²) in [4.78, 5) is 10.3. The van der Waals surface area contributed by atoms with Gasteiger partial charge in [0.05, 0.1) is 7.11 Å². The fourth-order valence-electron chi connectivity index (χ4n) is 0.918. The second-order valence-electron chi connectivity index (χ2n) is 2.37. The number of hydrogen-bond donors (Lipinski definition) is 1. The number of rotatable bonds is 2. The van der Waals surface area contributed by atoms with Gasteiger partial charge in [-0.3, -0.25) is 0 Å². The summed E-state index contributed by atoms with van der Waals surface area (Å²) in [5.74, 6) is -7.22. The number of hydrogen-bond acceptors (Lipinski definition) is 2. The van der Waals surface area contributed by atoms with Crippen LogP contribution in [0.3, 0.4) is 0 Å². The van der Waals surface area contributed by atoms with Crippen molar-refractivity contribution in [3.05, 3.63) is 29.1 Å². The smallest absolute Gasteiger partial charge is 0.341 e. The topological polar surface area (TPSA) is 46.5 Å². The molecule has 0 amide bonds. The third-order valence-corrected chi connectivity index (χ3v) is 1.56. The second-order valence-corrected chi connectivity index (χ2v) is 2.37. The molecule has 0 aliphatic heterocycles. The number of ether oxygens (including phenoxy) is 1. The van der Waals surface area contributed by atoms with E-state index < -0.39 is 34.7 Å². The molecule has 1 aromatic carbocycles. The first kappa shape index (κ1) is 10.4.